The molecular formula is C26H20N2O7S2. The van der Waals surface area contributed by atoms with Crippen LogP contribution in [-0.4, -0.2) is 39.4 Å². The molecule has 1 saturated heterocycles. The summed E-state index contributed by atoms with van der Waals surface area (Å²) in [5.74, 6) is -0.579. The Labute approximate surface area is 221 Å². The number of hydrogen-bond donors (Lipinski definition) is 1. The molecule has 0 spiro atoms. The fraction of sp³-hybridized carbons (Fsp3) is 0.115. The molecule has 1 N–H and O–H groups in total. The number of nitrogens with zero attached hydrogens (tertiary/aromatic N) is 2. The molecule has 1 heterocycles. The van der Waals surface area contributed by atoms with Crippen LogP contribution >= 0.6 is 24.0 Å². The topological polar surface area (TPSA) is 119 Å². The van der Waals surface area contributed by atoms with E-state index >= 15 is 0 Å². The lowest BCUT2D eigenvalue weighted by atomic mass is 10.1. The normalized spacial score (nSPS) is 14.2. The van der Waals surface area contributed by atoms with Crippen molar-refractivity contribution in [3.05, 3.63) is 98.4 Å². The second kappa shape index (κ2) is 11.2. The van der Waals surface area contributed by atoms with E-state index in [1.807, 2.05) is 31.2 Å². The van der Waals surface area contributed by atoms with E-state index in [1.54, 1.807) is 6.07 Å². The third kappa shape index (κ3) is 6.13. The SMILES string of the molecule is Cc1cccc(OCCOc2ccc([N+](=O)[O-])cc2/C=C2\SC(=S)N(c3cccc(C(=O)O)c3)C2=O)c1. The summed E-state index contributed by atoms with van der Waals surface area (Å²) < 4.78 is 11.7. The molecule has 1 amide bonds. The lowest BCUT2D eigenvalue weighted by Crippen LogP contribution is -2.27. The van der Waals surface area contributed by atoms with Crippen LogP contribution in [0.4, 0.5) is 11.4 Å². The van der Waals surface area contributed by atoms with Crippen molar-refractivity contribution in [2.45, 2.75) is 6.92 Å². The summed E-state index contributed by atoms with van der Waals surface area (Å²) in [5.41, 5.74) is 1.54. The van der Waals surface area contributed by atoms with Gasteiger partial charge in [0.15, 0.2) is 4.32 Å². The Bertz CT molecular complexity index is 1440. The highest BCUT2D eigenvalue weighted by atomic mass is 32.2. The average molecular weight is 537 g/mol. The van der Waals surface area contributed by atoms with Crippen molar-refractivity contribution in [2.24, 2.45) is 0 Å². The van der Waals surface area contributed by atoms with Crippen molar-refractivity contribution in [1.29, 1.82) is 0 Å². The van der Waals surface area contributed by atoms with E-state index in [0.29, 0.717) is 22.7 Å². The van der Waals surface area contributed by atoms with Crippen molar-refractivity contribution in [3.63, 3.8) is 0 Å². The third-order valence-electron chi connectivity index (χ3n) is 5.23. The van der Waals surface area contributed by atoms with Crippen molar-refractivity contribution in [1.82, 2.24) is 0 Å². The van der Waals surface area contributed by atoms with Gasteiger partial charge >= 0.3 is 5.97 Å². The van der Waals surface area contributed by atoms with Crippen LogP contribution in [0.15, 0.2) is 71.6 Å². The molecule has 0 aliphatic carbocycles. The minimum absolute atomic E-state index is 0.0118. The first kappa shape index (κ1) is 25.9. The largest absolute Gasteiger partial charge is 0.490 e. The molecule has 188 valence electrons. The highest BCUT2D eigenvalue weighted by Crippen LogP contribution is 2.38. The molecule has 0 unspecified atom stereocenters. The molecule has 3 aromatic carbocycles. The Balaban J connectivity index is 1.56. The van der Waals surface area contributed by atoms with E-state index in [4.69, 9.17) is 21.7 Å². The van der Waals surface area contributed by atoms with Gasteiger partial charge in [-0.15, -0.1) is 0 Å². The van der Waals surface area contributed by atoms with Gasteiger partial charge in [-0.3, -0.25) is 19.8 Å². The number of thiocarbonyl (C=S) groups is 1. The number of carboxylic acids is 1. The number of amides is 1. The van der Waals surface area contributed by atoms with Crippen LogP contribution in [0.5, 0.6) is 11.5 Å². The lowest BCUT2D eigenvalue weighted by molar-refractivity contribution is -0.384. The first-order valence-corrected chi connectivity index (χ1v) is 12.2. The van der Waals surface area contributed by atoms with Crippen LogP contribution in [-0.2, 0) is 4.79 Å². The molecule has 1 fully saturated rings. The molecule has 0 saturated carbocycles. The number of thioether (sulfide) groups is 1. The summed E-state index contributed by atoms with van der Waals surface area (Å²) in [6.07, 6.45) is 1.48. The summed E-state index contributed by atoms with van der Waals surface area (Å²) in [4.78, 5) is 36.8. The molecule has 1 aliphatic rings. The van der Waals surface area contributed by atoms with Crippen LogP contribution in [0, 0.1) is 17.0 Å². The second-order valence-corrected chi connectivity index (χ2v) is 9.54. The van der Waals surface area contributed by atoms with Gasteiger partial charge in [-0.05, 0) is 55.0 Å². The molecule has 37 heavy (non-hydrogen) atoms. The number of ether oxygens (including phenoxy) is 2. The van der Waals surface area contributed by atoms with E-state index in [2.05, 4.69) is 0 Å². The first-order chi connectivity index (χ1) is 17.7. The number of carbonyl (C=O) groups is 2. The van der Waals surface area contributed by atoms with Crippen molar-refractivity contribution in [2.75, 3.05) is 18.1 Å². The molecule has 0 bridgehead atoms. The number of benzene rings is 3. The Morgan fingerprint density at radius 3 is 2.59 bits per heavy atom. The van der Waals surface area contributed by atoms with Gasteiger partial charge in [0, 0.05) is 17.7 Å². The van der Waals surface area contributed by atoms with Gasteiger partial charge in [0.1, 0.15) is 24.7 Å². The maximum absolute atomic E-state index is 13.2. The zero-order valence-corrected chi connectivity index (χ0v) is 21.1. The van der Waals surface area contributed by atoms with E-state index < -0.39 is 16.8 Å². The fourth-order valence-corrected chi connectivity index (χ4v) is 4.81. The van der Waals surface area contributed by atoms with Crippen LogP contribution < -0.4 is 14.4 Å². The van der Waals surface area contributed by atoms with Crippen LogP contribution in [0.1, 0.15) is 21.5 Å². The predicted octanol–water partition coefficient (Wildman–Crippen LogP) is 5.47. The van der Waals surface area contributed by atoms with E-state index in [1.165, 1.54) is 47.4 Å². The van der Waals surface area contributed by atoms with Gasteiger partial charge < -0.3 is 14.6 Å². The number of rotatable bonds is 9. The summed E-state index contributed by atoms with van der Waals surface area (Å²) in [7, 11) is 0. The molecule has 11 heteroatoms. The van der Waals surface area contributed by atoms with Gasteiger partial charge in [0.2, 0.25) is 0 Å². The number of nitro groups is 1. The van der Waals surface area contributed by atoms with Crippen LogP contribution in [0.2, 0.25) is 0 Å². The molecule has 0 aromatic heterocycles. The zero-order chi connectivity index (χ0) is 26.5. The summed E-state index contributed by atoms with van der Waals surface area (Å²) in [6, 6.07) is 17.5. The maximum atomic E-state index is 13.2. The Morgan fingerprint density at radius 2 is 1.86 bits per heavy atom. The highest BCUT2D eigenvalue weighted by Gasteiger charge is 2.34. The summed E-state index contributed by atoms with van der Waals surface area (Å²) in [6.45, 7) is 2.36. The molecule has 9 nitrogen and oxygen atoms in total. The number of aryl methyl sites for hydroxylation is 1. The summed E-state index contributed by atoms with van der Waals surface area (Å²) >= 11 is 6.37. The van der Waals surface area contributed by atoms with Gasteiger partial charge in [-0.1, -0.05) is 42.2 Å². The number of hydrogen-bond acceptors (Lipinski definition) is 8. The zero-order valence-electron chi connectivity index (χ0n) is 19.5. The monoisotopic (exact) mass is 536 g/mol. The molecule has 3 aromatic rings. The number of carboxylic acid groups (broad SMARTS) is 1. The second-order valence-electron chi connectivity index (χ2n) is 7.87. The number of anilines is 1. The Hall–Kier alpha value is -4.22. The molecule has 0 radical (unpaired) electrons. The lowest BCUT2D eigenvalue weighted by Gasteiger charge is -2.15. The fourth-order valence-electron chi connectivity index (χ4n) is 3.52. The number of carbonyl (C=O) groups excluding carboxylic acids is 1. The Kier molecular flexibility index (Phi) is 7.85. The van der Waals surface area contributed by atoms with Crippen molar-refractivity contribution >= 4 is 57.6 Å². The first-order valence-electron chi connectivity index (χ1n) is 10.9. The standard InChI is InChI=1S/C26H20N2O7S2/c1-16-4-2-7-21(12-16)34-10-11-35-22-9-8-20(28(32)33)14-18(22)15-23-24(29)27(26(36)37-23)19-6-3-5-17(13-19)25(30)31/h2-9,12-15H,10-11H2,1H3,(H,30,31)/b23-15-. The van der Waals surface area contributed by atoms with E-state index in [0.717, 1.165) is 17.3 Å². The van der Waals surface area contributed by atoms with Gasteiger partial charge in [-0.2, -0.15) is 0 Å². The third-order valence-corrected chi connectivity index (χ3v) is 6.54. The van der Waals surface area contributed by atoms with Crippen molar-refractivity contribution < 1.29 is 29.1 Å². The molecular weight excluding hydrogens is 516 g/mol. The minimum atomic E-state index is -1.13. The van der Waals surface area contributed by atoms with E-state index in [9.17, 15) is 24.8 Å². The average Bonchev–Trinajstić information content (AvgIpc) is 3.14. The van der Waals surface area contributed by atoms with Crippen LogP contribution in [0.3, 0.4) is 0 Å². The smallest absolute Gasteiger partial charge is 0.335 e. The van der Waals surface area contributed by atoms with Gasteiger partial charge in [0.05, 0.1) is 21.1 Å². The van der Waals surface area contributed by atoms with Gasteiger partial charge in [0.25, 0.3) is 11.6 Å². The Morgan fingerprint density at radius 1 is 1.11 bits per heavy atom. The number of aromatic carboxylic acids is 1. The number of non-ortho nitro benzene ring substituents is 1. The molecule has 4 rings (SSSR count). The number of nitro benzene ring substituents is 1. The molecule has 1 aliphatic heterocycles. The van der Waals surface area contributed by atoms with Gasteiger partial charge in [-0.25, -0.2) is 4.79 Å². The maximum Gasteiger partial charge on any atom is 0.335 e. The predicted molar refractivity (Wildman–Crippen MR) is 144 cm³/mol. The summed E-state index contributed by atoms with van der Waals surface area (Å²) in [5, 5.41) is 20.6. The minimum Gasteiger partial charge on any atom is -0.490 e. The van der Waals surface area contributed by atoms with Crippen LogP contribution in [0.25, 0.3) is 6.08 Å². The van der Waals surface area contributed by atoms with E-state index in [-0.39, 0.29) is 33.7 Å². The van der Waals surface area contributed by atoms with Crippen molar-refractivity contribution in [3.8, 4) is 11.5 Å². The quantitative estimate of drug-likeness (QED) is 0.125. The highest BCUT2D eigenvalue weighted by molar-refractivity contribution is 8.27. The molecule has 0 atom stereocenters.